The van der Waals surface area contributed by atoms with E-state index in [0.717, 1.165) is 42.1 Å². The minimum absolute atomic E-state index is 0.102. The highest BCUT2D eigenvalue weighted by molar-refractivity contribution is 6.31. The van der Waals surface area contributed by atoms with Gasteiger partial charge >= 0.3 is 0 Å². The Morgan fingerprint density at radius 1 is 1.25 bits per heavy atom. The highest BCUT2D eigenvalue weighted by Gasteiger charge is 2.35. The second-order valence-corrected chi connectivity index (χ2v) is 5.92. The van der Waals surface area contributed by atoms with Gasteiger partial charge in [-0.15, -0.1) is 5.10 Å². The number of Topliss-reactive ketones (excluding diaryl/α,β-unsaturated/α-hetero) is 1. The van der Waals surface area contributed by atoms with Gasteiger partial charge in [0.1, 0.15) is 5.82 Å². The number of aryl methyl sites for hydroxylation is 1. The number of hydrogen-bond donors (Lipinski definition) is 0. The molecule has 1 saturated carbocycles. The smallest absolute Gasteiger partial charge is 0.217 e. The summed E-state index contributed by atoms with van der Waals surface area (Å²) in [6, 6.07) is 7.91. The molecule has 0 spiro atoms. The van der Waals surface area contributed by atoms with Gasteiger partial charge in [-0.2, -0.15) is 0 Å². The van der Waals surface area contributed by atoms with Crippen LogP contribution in [0, 0.1) is 5.92 Å². The van der Waals surface area contributed by atoms with Crippen LogP contribution in [-0.4, -0.2) is 20.5 Å². The van der Waals surface area contributed by atoms with Gasteiger partial charge in [0.05, 0.1) is 6.04 Å². The van der Waals surface area contributed by atoms with Crippen LogP contribution in [0.15, 0.2) is 24.3 Å². The zero-order valence-corrected chi connectivity index (χ0v) is 11.7. The van der Waals surface area contributed by atoms with Gasteiger partial charge in [-0.05, 0) is 30.9 Å². The summed E-state index contributed by atoms with van der Waals surface area (Å²) in [5.41, 5.74) is 1.06. The summed E-state index contributed by atoms with van der Waals surface area (Å²) in [5, 5.41) is 5.19. The Balaban J connectivity index is 1.71. The SMILES string of the molecule is O=C(c1nc2n(n1)[C@H](c1ccccc1Cl)CC2)C1CC1. The van der Waals surface area contributed by atoms with E-state index in [0.29, 0.717) is 5.82 Å². The van der Waals surface area contributed by atoms with Gasteiger partial charge in [-0.1, -0.05) is 29.8 Å². The van der Waals surface area contributed by atoms with Crippen LogP contribution in [0.5, 0.6) is 0 Å². The third-order valence-electron chi connectivity index (χ3n) is 4.07. The Morgan fingerprint density at radius 3 is 2.80 bits per heavy atom. The van der Waals surface area contributed by atoms with Crippen molar-refractivity contribution in [2.45, 2.75) is 31.7 Å². The number of fused-ring (bicyclic) bond motifs is 1. The molecule has 2 aromatic rings. The molecule has 1 aliphatic carbocycles. The summed E-state index contributed by atoms with van der Waals surface area (Å²) in [4.78, 5) is 16.5. The van der Waals surface area contributed by atoms with Crippen LogP contribution < -0.4 is 0 Å². The number of halogens is 1. The van der Waals surface area contributed by atoms with Crippen LogP contribution in [0.2, 0.25) is 5.02 Å². The fourth-order valence-electron chi connectivity index (χ4n) is 2.83. The number of aromatic nitrogens is 3. The molecule has 0 unspecified atom stereocenters. The first-order valence-electron chi connectivity index (χ1n) is 6.98. The monoisotopic (exact) mass is 287 g/mol. The van der Waals surface area contributed by atoms with Gasteiger partial charge in [0.15, 0.2) is 0 Å². The summed E-state index contributed by atoms with van der Waals surface area (Å²) in [5.74, 6) is 1.56. The molecular formula is C15H14ClN3O. The molecule has 0 radical (unpaired) electrons. The van der Waals surface area contributed by atoms with E-state index >= 15 is 0 Å². The van der Waals surface area contributed by atoms with E-state index < -0.39 is 0 Å². The van der Waals surface area contributed by atoms with Gasteiger partial charge in [0.25, 0.3) is 0 Å². The molecule has 0 saturated heterocycles. The van der Waals surface area contributed by atoms with E-state index in [9.17, 15) is 4.79 Å². The molecule has 1 aliphatic heterocycles. The van der Waals surface area contributed by atoms with Crippen LogP contribution in [0.3, 0.4) is 0 Å². The van der Waals surface area contributed by atoms with E-state index in [1.165, 1.54) is 0 Å². The van der Waals surface area contributed by atoms with Crippen LogP contribution >= 0.6 is 11.6 Å². The Labute approximate surface area is 121 Å². The first kappa shape index (κ1) is 12.1. The topological polar surface area (TPSA) is 47.8 Å². The van der Waals surface area contributed by atoms with Crippen molar-refractivity contribution in [2.75, 3.05) is 0 Å². The van der Waals surface area contributed by atoms with E-state index in [2.05, 4.69) is 10.1 Å². The lowest BCUT2D eigenvalue weighted by atomic mass is 10.1. The molecule has 1 aromatic carbocycles. The maximum atomic E-state index is 12.1. The molecular weight excluding hydrogens is 274 g/mol. The molecule has 2 aliphatic rings. The fraction of sp³-hybridized carbons (Fsp3) is 0.400. The van der Waals surface area contributed by atoms with Crippen molar-refractivity contribution in [3.8, 4) is 0 Å². The standard InChI is InChI=1S/C15H14ClN3O/c16-11-4-2-1-3-10(11)12-7-8-13-17-15(18-19(12)13)14(20)9-5-6-9/h1-4,9,12H,5-8H2/t12-/m0/s1. The third kappa shape index (κ3) is 1.86. The number of benzene rings is 1. The van der Waals surface area contributed by atoms with E-state index in [-0.39, 0.29) is 17.7 Å². The Bertz CT molecular complexity index is 690. The van der Waals surface area contributed by atoms with Crippen LogP contribution in [0.4, 0.5) is 0 Å². The second kappa shape index (κ2) is 4.42. The first-order chi connectivity index (χ1) is 9.74. The number of ketones is 1. The average Bonchev–Trinajstić information content (AvgIpc) is 3.09. The van der Waals surface area contributed by atoms with Gasteiger partial charge in [-0.25, -0.2) is 9.67 Å². The second-order valence-electron chi connectivity index (χ2n) is 5.51. The molecule has 102 valence electrons. The molecule has 0 amide bonds. The van der Waals surface area contributed by atoms with Crippen LogP contribution in [0.25, 0.3) is 0 Å². The Morgan fingerprint density at radius 2 is 2.05 bits per heavy atom. The molecule has 1 fully saturated rings. The maximum Gasteiger partial charge on any atom is 0.217 e. The van der Waals surface area contributed by atoms with Gasteiger partial charge in [0, 0.05) is 17.4 Å². The molecule has 1 aromatic heterocycles. The largest absolute Gasteiger partial charge is 0.290 e. The zero-order valence-electron chi connectivity index (χ0n) is 10.9. The first-order valence-corrected chi connectivity index (χ1v) is 7.36. The predicted octanol–water partition coefficient (Wildman–Crippen LogP) is 3.06. The lowest BCUT2D eigenvalue weighted by molar-refractivity contribution is 0.0957. The molecule has 1 atom stereocenters. The van der Waals surface area contributed by atoms with E-state index in [1.807, 2.05) is 28.9 Å². The number of rotatable bonds is 3. The van der Waals surface area contributed by atoms with Crippen molar-refractivity contribution < 1.29 is 4.79 Å². The van der Waals surface area contributed by atoms with Crippen molar-refractivity contribution in [1.29, 1.82) is 0 Å². The third-order valence-corrected chi connectivity index (χ3v) is 4.42. The van der Waals surface area contributed by atoms with E-state index in [4.69, 9.17) is 11.6 Å². The molecule has 5 heteroatoms. The average molecular weight is 288 g/mol. The lowest BCUT2D eigenvalue weighted by Gasteiger charge is -2.13. The zero-order chi connectivity index (χ0) is 13.7. The van der Waals surface area contributed by atoms with Gasteiger partial charge in [0.2, 0.25) is 11.6 Å². The summed E-state index contributed by atoms with van der Waals surface area (Å²) in [7, 11) is 0. The number of nitrogens with zero attached hydrogens (tertiary/aromatic N) is 3. The molecule has 0 bridgehead atoms. The van der Waals surface area contributed by atoms with Gasteiger partial charge in [-0.3, -0.25) is 4.79 Å². The van der Waals surface area contributed by atoms with Crippen molar-refractivity contribution >= 4 is 17.4 Å². The number of hydrogen-bond acceptors (Lipinski definition) is 3. The highest BCUT2D eigenvalue weighted by atomic mass is 35.5. The molecule has 0 N–H and O–H groups in total. The summed E-state index contributed by atoms with van der Waals surface area (Å²) in [6.07, 6.45) is 3.76. The molecule has 2 heterocycles. The molecule has 4 rings (SSSR count). The highest BCUT2D eigenvalue weighted by Crippen LogP contribution is 2.36. The summed E-state index contributed by atoms with van der Waals surface area (Å²) >= 11 is 6.27. The van der Waals surface area contributed by atoms with Crippen molar-refractivity contribution in [3.63, 3.8) is 0 Å². The maximum absolute atomic E-state index is 12.1. The van der Waals surface area contributed by atoms with Crippen LogP contribution in [-0.2, 0) is 6.42 Å². The normalized spacial score (nSPS) is 20.9. The lowest BCUT2D eigenvalue weighted by Crippen LogP contribution is -2.10. The van der Waals surface area contributed by atoms with Gasteiger partial charge < -0.3 is 0 Å². The van der Waals surface area contributed by atoms with Crippen LogP contribution in [0.1, 0.15) is 47.3 Å². The van der Waals surface area contributed by atoms with Crippen molar-refractivity contribution in [2.24, 2.45) is 5.92 Å². The minimum atomic E-state index is 0.102. The Kier molecular flexibility index (Phi) is 2.67. The van der Waals surface area contributed by atoms with Crippen molar-refractivity contribution in [3.05, 3.63) is 46.5 Å². The molecule has 4 nitrogen and oxygen atoms in total. The minimum Gasteiger partial charge on any atom is -0.290 e. The quantitative estimate of drug-likeness (QED) is 0.815. The molecule has 20 heavy (non-hydrogen) atoms. The predicted molar refractivity (Wildman–Crippen MR) is 75.0 cm³/mol. The number of carbonyl (C=O) groups excluding carboxylic acids is 1. The number of carbonyl (C=O) groups is 1. The van der Waals surface area contributed by atoms with Crippen molar-refractivity contribution in [1.82, 2.24) is 14.8 Å². The fourth-order valence-corrected chi connectivity index (χ4v) is 3.09. The summed E-state index contributed by atoms with van der Waals surface area (Å²) < 4.78 is 1.89. The Hall–Kier alpha value is -1.68. The summed E-state index contributed by atoms with van der Waals surface area (Å²) in [6.45, 7) is 0. The van der Waals surface area contributed by atoms with E-state index in [1.54, 1.807) is 0 Å².